The van der Waals surface area contributed by atoms with Gasteiger partial charge in [0.05, 0.1) is 11.5 Å². The molecule has 3 rings (SSSR count). The summed E-state index contributed by atoms with van der Waals surface area (Å²) < 4.78 is 50.2. The molecule has 1 fully saturated rings. The minimum Gasteiger partial charge on any atom is -0.338 e. The third-order valence-electron chi connectivity index (χ3n) is 4.22. The lowest BCUT2D eigenvalue weighted by atomic mass is 10.1. The van der Waals surface area contributed by atoms with Crippen LogP contribution in [-0.4, -0.2) is 52.2 Å². The zero-order chi connectivity index (χ0) is 18.9. The van der Waals surface area contributed by atoms with Gasteiger partial charge in [0.15, 0.2) is 9.84 Å². The van der Waals surface area contributed by atoms with Crippen molar-refractivity contribution in [2.75, 3.05) is 23.3 Å². The predicted molar refractivity (Wildman–Crippen MR) is 101 cm³/mol. The van der Waals surface area contributed by atoms with Gasteiger partial charge in [-0.25, -0.2) is 16.8 Å². The highest BCUT2D eigenvalue weighted by Crippen LogP contribution is 2.22. The van der Waals surface area contributed by atoms with Crippen molar-refractivity contribution in [1.82, 2.24) is 4.90 Å². The van der Waals surface area contributed by atoms with Crippen molar-refractivity contribution < 1.29 is 21.6 Å². The van der Waals surface area contributed by atoms with Crippen molar-refractivity contribution in [3.8, 4) is 0 Å². The second kappa shape index (κ2) is 7.01. The molecule has 0 bridgehead atoms. The molecule has 0 spiro atoms. The van der Waals surface area contributed by atoms with E-state index in [-0.39, 0.29) is 27.7 Å². The van der Waals surface area contributed by atoms with E-state index in [1.54, 1.807) is 18.5 Å². The van der Waals surface area contributed by atoms with E-state index < -0.39 is 19.9 Å². The number of sulfonamides is 1. The quantitative estimate of drug-likeness (QED) is 0.804. The van der Waals surface area contributed by atoms with Gasteiger partial charge >= 0.3 is 0 Å². The van der Waals surface area contributed by atoms with Crippen LogP contribution in [0.15, 0.2) is 46.0 Å². The number of nitrogens with one attached hydrogen (secondary N) is 1. The molecule has 1 aromatic carbocycles. The molecule has 26 heavy (non-hydrogen) atoms. The minimum absolute atomic E-state index is 0.0199. The molecule has 2 heterocycles. The van der Waals surface area contributed by atoms with Gasteiger partial charge in [0, 0.05) is 24.3 Å². The SMILES string of the molecule is CN(C(=O)c1ccc(NS(=O)(=O)c2cccs2)cc1)C1CCS(=O)(=O)C1. The Balaban J connectivity index is 1.70. The summed E-state index contributed by atoms with van der Waals surface area (Å²) in [5.74, 6) is -0.216. The second-order valence-corrected chi connectivity index (χ2v) is 11.2. The fourth-order valence-corrected chi connectivity index (χ4v) is 6.58. The topological polar surface area (TPSA) is 101 Å². The van der Waals surface area contributed by atoms with Gasteiger partial charge in [-0.3, -0.25) is 9.52 Å². The number of rotatable bonds is 5. The Labute approximate surface area is 156 Å². The highest BCUT2D eigenvalue weighted by Gasteiger charge is 2.33. The summed E-state index contributed by atoms with van der Waals surface area (Å²) in [5, 5.41) is 1.68. The Kier molecular flexibility index (Phi) is 5.09. The number of carbonyl (C=O) groups is 1. The molecule has 0 aliphatic carbocycles. The lowest BCUT2D eigenvalue weighted by Crippen LogP contribution is -2.37. The van der Waals surface area contributed by atoms with E-state index in [9.17, 15) is 21.6 Å². The summed E-state index contributed by atoms with van der Waals surface area (Å²) in [6.45, 7) is 0. The molecule has 1 unspecified atom stereocenters. The Hall–Kier alpha value is -1.91. The van der Waals surface area contributed by atoms with Gasteiger partial charge in [0.2, 0.25) is 0 Å². The number of sulfone groups is 1. The molecular weight excluding hydrogens is 396 g/mol. The van der Waals surface area contributed by atoms with Crippen molar-refractivity contribution in [2.45, 2.75) is 16.7 Å². The minimum atomic E-state index is -3.64. The number of hydrogen-bond acceptors (Lipinski definition) is 6. The third kappa shape index (κ3) is 4.08. The number of nitrogens with zero attached hydrogens (tertiary/aromatic N) is 1. The summed E-state index contributed by atoms with van der Waals surface area (Å²) in [6, 6.07) is 8.90. The molecule has 2 aromatic rings. The molecule has 1 aliphatic heterocycles. The molecule has 1 atom stereocenters. The first-order chi connectivity index (χ1) is 12.2. The van der Waals surface area contributed by atoms with Crippen LogP contribution in [0.2, 0.25) is 0 Å². The van der Waals surface area contributed by atoms with E-state index in [0.717, 1.165) is 11.3 Å². The van der Waals surface area contributed by atoms with E-state index in [2.05, 4.69) is 4.72 Å². The molecule has 0 radical (unpaired) electrons. The summed E-state index contributed by atoms with van der Waals surface area (Å²) >= 11 is 1.11. The van der Waals surface area contributed by atoms with Crippen LogP contribution in [0.5, 0.6) is 0 Å². The van der Waals surface area contributed by atoms with Gasteiger partial charge < -0.3 is 4.90 Å². The molecule has 1 aliphatic rings. The van der Waals surface area contributed by atoms with Crippen molar-refractivity contribution in [1.29, 1.82) is 0 Å². The smallest absolute Gasteiger partial charge is 0.271 e. The van der Waals surface area contributed by atoms with E-state index in [1.165, 1.54) is 35.2 Å². The van der Waals surface area contributed by atoms with Gasteiger partial charge in [-0.05, 0) is 42.1 Å². The van der Waals surface area contributed by atoms with Crippen molar-refractivity contribution >= 4 is 42.8 Å². The summed E-state index contributed by atoms with van der Waals surface area (Å²) in [4.78, 5) is 14.0. The zero-order valence-electron chi connectivity index (χ0n) is 14.0. The van der Waals surface area contributed by atoms with Crippen molar-refractivity contribution in [3.05, 3.63) is 47.3 Å². The maximum atomic E-state index is 12.5. The molecule has 0 saturated carbocycles. The lowest BCUT2D eigenvalue weighted by Gasteiger charge is -2.23. The van der Waals surface area contributed by atoms with Crippen LogP contribution in [-0.2, 0) is 19.9 Å². The van der Waals surface area contributed by atoms with Crippen LogP contribution in [0.4, 0.5) is 5.69 Å². The van der Waals surface area contributed by atoms with Gasteiger partial charge in [-0.2, -0.15) is 0 Å². The van der Waals surface area contributed by atoms with Crippen molar-refractivity contribution in [2.24, 2.45) is 0 Å². The van der Waals surface area contributed by atoms with Gasteiger partial charge in [-0.15, -0.1) is 11.3 Å². The van der Waals surface area contributed by atoms with Crippen LogP contribution in [0.3, 0.4) is 0 Å². The monoisotopic (exact) mass is 414 g/mol. The molecule has 10 heteroatoms. The Bertz CT molecular complexity index is 997. The maximum Gasteiger partial charge on any atom is 0.271 e. The first kappa shape index (κ1) is 18.9. The zero-order valence-corrected chi connectivity index (χ0v) is 16.4. The number of benzene rings is 1. The highest BCUT2D eigenvalue weighted by molar-refractivity contribution is 7.94. The summed E-state index contributed by atoms with van der Waals surface area (Å²) in [7, 11) is -5.13. The molecular formula is C16H18N2O5S3. The largest absolute Gasteiger partial charge is 0.338 e. The molecule has 7 nitrogen and oxygen atoms in total. The molecule has 1 N–H and O–H groups in total. The van der Waals surface area contributed by atoms with Gasteiger partial charge in [0.1, 0.15) is 4.21 Å². The molecule has 1 aromatic heterocycles. The maximum absolute atomic E-state index is 12.5. The van der Waals surface area contributed by atoms with Crippen LogP contribution in [0.1, 0.15) is 16.8 Å². The molecule has 1 amide bonds. The van der Waals surface area contributed by atoms with Crippen LogP contribution in [0.25, 0.3) is 0 Å². The first-order valence-electron chi connectivity index (χ1n) is 7.82. The fourth-order valence-electron chi connectivity index (χ4n) is 2.75. The number of thiophene rings is 1. The fraction of sp³-hybridized carbons (Fsp3) is 0.312. The lowest BCUT2D eigenvalue weighted by molar-refractivity contribution is 0.0747. The first-order valence-corrected chi connectivity index (χ1v) is 12.0. The third-order valence-corrected chi connectivity index (χ3v) is 8.75. The van der Waals surface area contributed by atoms with Crippen LogP contribution < -0.4 is 4.72 Å². The Morgan fingerprint density at radius 3 is 2.46 bits per heavy atom. The van der Waals surface area contributed by atoms with E-state index in [0.29, 0.717) is 17.7 Å². The van der Waals surface area contributed by atoms with Crippen LogP contribution in [0, 0.1) is 0 Å². The molecule has 140 valence electrons. The predicted octanol–water partition coefficient (Wildman–Crippen LogP) is 1.81. The number of amides is 1. The van der Waals surface area contributed by atoms with E-state index in [1.807, 2.05) is 0 Å². The number of carbonyl (C=O) groups excluding carboxylic acids is 1. The normalized spacial score (nSPS) is 19.2. The Morgan fingerprint density at radius 1 is 1.23 bits per heavy atom. The summed E-state index contributed by atoms with van der Waals surface area (Å²) in [5.41, 5.74) is 0.719. The van der Waals surface area contributed by atoms with E-state index >= 15 is 0 Å². The van der Waals surface area contributed by atoms with E-state index in [4.69, 9.17) is 0 Å². The second-order valence-electron chi connectivity index (χ2n) is 6.09. The van der Waals surface area contributed by atoms with Crippen LogP contribution >= 0.6 is 11.3 Å². The number of anilines is 1. The number of hydrogen-bond donors (Lipinski definition) is 1. The summed E-state index contributed by atoms with van der Waals surface area (Å²) in [6.07, 6.45) is 0.434. The standard InChI is InChI=1S/C16H18N2O5S3/c1-18(14-8-10-25(20,21)11-14)16(19)12-4-6-13(7-5-12)17-26(22,23)15-3-2-9-24-15/h2-7,9,14,17H,8,10-11H2,1H3. The highest BCUT2D eigenvalue weighted by atomic mass is 32.2. The van der Waals surface area contributed by atoms with Gasteiger partial charge in [0.25, 0.3) is 15.9 Å². The average molecular weight is 415 g/mol. The average Bonchev–Trinajstić information content (AvgIpc) is 3.24. The van der Waals surface area contributed by atoms with Gasteiger partial charge in [-0.1, -0.05) is 6.07 Å². The van der Waals surface area contributed by atoms with Crippen molar-refractivity contribution in [3.63, 3.8) is 0 Å². The Morgan fingerprint density at radius 2 is 1.92 bits per heavy atom. The molecule has 1 saturated heterocycles.